The number of nitrogens with one attached hydrogen (secondary N) is 1. The molecule has 0 spiro atoms. The van der Waals surface area contributed by atoms with Crippen molar-refractivity contribution in [2.24, 2.45) is 0 Å². The Labute approximate surface area is 159 Å². The monoisotopic (exact) mass is 372 g/mol. The number of hydrogen-bond acceptors (Lipinski definition) is 4. The Kier molecular flexibility index (Phi) is 5.79. The summed E-state index contributed by atoms with van der Waals surface area (Å²) in [6, 6.07) is 3.89. The van der Waals surface area contributed by atoms with Crippen LogP contribution in [-0.2, 0) is 17.8 Å². The molecule has 2 aromatic rings. The van der Waals surface area contributed by atoms with Gasteiger partial charge in [0.15, 0.2) is 0 Å². The quantitative estimate of drug-likeness (QED) is 0.840. The first-order valence-electron chi connectivity index (χ1n) is 9.48. The van der Waals surface area contributed by atoms with Gasteiger partial charge in [-0.15, -0.1) is 0 Å². The Balaban J connectivity index is 1.73. The molecule has 0 bridgehead atoms. The number of carbonyl (C=O) groups is 1. The lowest BCUT2D eigenvalue weighted by Gasteiger charge is -2.17. The zero-order valence-electron chi connectivity index (χ0n) is 16.5. The third-order valence-electron chi connectivity index (χ3n) is 5.05. The number of aromatic nitrogens is 3. The lowest BCUT2D eigenvalue weighted by molar-refractivity contribution is 0.0926. The van der Waals surface area contributed by atoms with Gasteiger partial charge in [-0.25, -0.2) is 0 Å². The van der Waals surface area contributed by atoms with Crippen LogP contribution in [-0.4, -0.2) is 39.5 Å². The van der Waals surface area contributed by atoms with Gasteiger partial charge in [0.2, 0.25) is 0 Å². The molecule has 0 aliphatic carbocycles. The molecular formula is C20H28N4O3. The first-order valence-corrected chi connectivity index (χ1v) is 9.48. The van der Waals surface area contributed by atoms with Crippen molar-refractivity contribution in [2.75, 3.05) is 13.2 Å². The highest BCUT2D eigenvalue weighted by molar-refractivity contribution is 5.95. The molecule has 3 heterocycles. The van der Waals surface area contributed by atoms with Gasteiger partial charge in [0.25, 0.3) is 11.5 Å². The number of rotatable bonds is 6. The molecule has 1 aliphatic rings. The molecule has 1 fully saturated rings. The van der Waals surface area contributed by atoms with Crippen LogP contribution in [0.2, 0.25) is 0 Å². The number of carbonyl (C=O) groups excluding carboxylic acids is 1. The van der Waals surface area contributed by atoms with E-state index in [9.17, 15) is 9.59 Å². The Morgan fingerprint density at radius 1 is 1.26 bits per heavy atom. The summed E-state index contributed by atoms with van der Waals surface area (Å²) in [4.78, 5) is 25.6. The van der Waals surface area contributed by atoms with Crippen LogP contribution in [0.3, 0.4) is 0 Å². The van der Waals surface area contributed by atoms with Crippen molar-refractivity contribution in [3.63, 3.8) is 0 Å². The fourth-order valence-electron chi connectivity index (χ4n) is 3.69. The van der Waals surface area contributed by atoms with Crippen LogP contribution in [0.1, 0.15) is 45.8 Å². The first-order chi connectivity index (χ1) is 12.9. The average Bonchev–Trinajstić information content (AvgIpc) is 3.21. The molecule has 7 heteroatoms. The average molecular weight is 372 g/mol. The lowest BCUT2D eigenvalue weighted by Crippen LogP contribution is -2.37. The number of nitrogens with zero attached hydrogens (tertiary/aromatic N) is 3. The van der Waals surface area contributed by atoms with Crippen LogP contribution in [0.25, 0.3) is 0 Å². The Morgan fingerprint density at radius 3 is 2.67 bits per heavy atom. The third kappa shape index (κ3) is 4.30. The maximum absolute atomic E-state index is 13.0. The van der Waals surface area contributed by atoms with E-state index in [1.54, 1.807) is 11.5 Å². The van der Waals surface area contributed by atoms with Gasteiger partial charge in [0, 0.05) is 24.5 Å². The Bertz CT molecular complexity index is 891. The second-order valence-electron chi connectivity index (χ2n) is 7.30. The second-order valence-corrected chi connectivity index (χ2v) is 7.30. The first kappa shape index (κ1) is 19.4. The Morgan fingerprint density at radius 2 is 2.04 bits per heavy atom. The number of pyridine rings is 1. The van der Waals surface area contributed by atoms with Crippen LogP contribution >= 0.6 is 0 Å². The molecular weight excluding hydrogens is 344 g/mol. The molecule has 0 unspecified atom stereocenters. The molecule has 0 saturated carbocycles. The summed E-state index contributed by atoms with van der Waals surface area (Å²) in [5.41, 5.74) is 3.52. The standard InChI is InChI=1S/C20H28N4O3/c1-13-10-15(3)23(12-17-6-5-9-27-17)20(26)18(13)19(25)21-7-8-24-16(4)11-14(2)22-24/h10-11,17H,5-9,12H2,1-4H3,(H,21,25)/t17-/m1/s1. The minimum Gasteiger partial charge on any atom is -0.376 e. The van der Waals surface area contributed by atoms with Crippen LogP contribution in [0, 0.1) is 27.7 Å². The van der Waals surface area contributed by atoms with Gasteiger partial charge in [0.1, 0.15) is 5.56 Å². The summed E-state index contributed by atoms with van der Waals surface area (Å²) in [5, 5.41) is 7.25. The fraction of sp³-hybridized carbons (Fsp3) is 0.550. The summed E-state index contributed by atoms with van der Waals surface area (Å²) in [7, 11) is 0. The SMILES string of the molecule is Cc1cc(C)n(CCNC(=O)c2c(C)cc(C)n(C[C@H]3CCCO3)c2=O)n1. The van der Waals surface area contributed by atoms with E-state index < -0.39 is 0 Å². The van der Waals surface area contributed by atoms with Gasteiger partial charge in [0.05, 0.1) is 24.9 Å². The van der Waals surface area contributed by atoms with Gasteiger partial charge in [-0.2, -0.15) is 5.10 Å². The van der Waals surface area contributed by atoms with Crippen LogP contribution in [0.5, 0.6) is 0 Å². The van der Waals surface area contributed by atoms with E-state index in [-0.39, 0.29) is 23.1 Å². The number of amides is 1. The van der Waals surface area contributed by atoms with Gasteiger partial charge in [-0.3, -0.25) is 14.3 Å². The van der Waals surface area contributed by atoms with Gasteiger partial charge < -0.3 is 14.6 Å². The fourth-order valence-corrected chi connectivity index (χ4v) is 3.69. The molecule has 0 radical (unpaired) electrons. The van der Waals surface area contributed by atoms with Gasteiger partial charge >= 0.3 is 0 Å². The minimum atomic E-state index is -0.333. The maximum Gasteiger partial charge on any atom is 0.263 e. The van der Waals surface area contributed by atoms with E-state index in [1.165, 1.54) is 0 Å². The predicted molar refractivity (Wildman–Crippen MR) is 103 cm³/mol. The molecule has 146 valence electrons. The van der Waals surface area contributed by atoms with Crippen molar-refractivity contribution in [3.8, 4) is 0 Å². The van der Waals surface area contributed by atoms with Gasteiger partial charge in [-0.05, 0) is 58.2 Å². The van der Waals surface area contributed by atoms with E-state index in [1.807, 2.05) is 37.6 Å². The van der Waals surface area contributed by atoms with E-state index in [0.717, 1.165) is 36.5 Å². The number of aryl methyl sites for hydroxylation is 4. The van der Waals surface area contributed by atoms with Crippen LogP contribution < -0.4 is 10.9 Å². The summed E-state index contributed by atoms with van der Waals surface area (Å²) in [6.07, 6.45) is 2.01. The predicted octanol–water partition coefficient (Wildman–Crippen LogP) is 1.89. The van der Waals surface area contributed by atoms with Crippen molar-refractivity contribution >= 4 is 5.91 Å². The Hall–Kier alpha value is -2.41. The highest BCUT2D eigenvalue weighted by atomic mass is 16.5. The molecule has 0 aromatic carbocycles. The smallest absolute Gasteiger partial charge is 0.263 e. The topological polar surface area (TPSA) is 78.1 Å². The zero-order valence-corrected chi connectivity index (χ0v) is 16.5. The van der Waals surface area contributed by atoms with Crippen molar-refractivity contribution in [1.29, 1.82) is 0 Å². The summed E-state index contributed by atoms with van der Waals surface area (Å²) in [5.74, 6) is -0.333. The van der Waals surface area contributed by atoms with Crippen LogP contribution in [0.15, 0.2) is 16.9 Å². The molecule has 1 amide bonds. The van der Waals surface area contributed by atoms with Crippen molar-refractivity contribution in [1.82, 2.24) is 19.7 Å². The summed E-state index contributed by atoms with van der Waals surface area (Å²) < 4.78 is 9.17. The van der Waals surface area contributed by atoms with Crippen molar-refractivity contribution in [2.45, 2.75) is 59.7 Å². The van der Waals surface area contributed by atoms with Gasteiger partial charge in [-0.1, -0.05) is 0 Å². The maximum atomic E-state index is 13.0. The van der Waals surface area contributed by atoms with E-state index >= 15 is 0 Å². The highest BCUT2D eigenvalue weighted by Crippen LogP contribution is 2.15. The zero-order chi connectivity index (χ0) is 19.6. The molecule has 1 atom stereocenters. The second kappa shape index (κ2) is 8.08. The van der Waals surface area contributed by atoms with Crippen molar-refractivity contribution in [3.05, 3.63) is 50.7 Å². The molecule has 1 N–H and O–H groups in total. The van der Waals surface area contributed by atoms with E-state index in [2.05, 4.69) is 10.4 Å². The molecule has 7 nitrogen and oxygen atoms in total. The highest BCUT2D eigenvalue weighted by Gasteiger charge is 2.21. The largest absolute Gasteiger partial charge is 0.376 e. The summed E-state index contributed by atoms with van der Waals surface area (Å²) >= 11 is 0. The molecule has 27 heavy (non-hydrogen) atoms. The molecule has 1 aliphatic heterocycles. The number of ether oxygens (including phenoxy) is 1. The molecule has 3 rings (SSSR count). The van der Waals surface area contributed by atoms with E-state index in [4.69, 9.17) is 4.74 Å². The third-order valence-corrected chi connectivity index (χ3v) is 5.05. The summed E-state index contributed by atoms with van der Waals surface area (Å²) in [6.45, 7) is 9.85. The van der Waals surface area contributed by atoms with Crippen molar-refractivity contribution < 1.29 is 9.53 Å². The van der Waals surface area contributed by atoms with E-state index in [0.29, 0.717) is 25.2 Å². The molecule has 1 saturated heterocycles. The van der Waals surface area contributed by atoms with Crippen LogP contribution in [0.4, 0.5) is 0 Å². The minimum absolute atomic E-state index is 0.0473. The molecule has 2 aromatic heterocycles. The number of hydrogen-bond donors (Lipinski definition) is 1. The lowest BCUT2D eigenvalue weighted by atomic mass is 10.1. The normalized spacial score (nSPS) is 16.7.